The highest BCUT2D eigenvalue weighted by Crippen LogP contribution is 2.35. The summed E-state index contributed by atoms with van der Waals surface area (Å²) in [5.41, 5.74) is 0.995. The van der Waals surface area contributed by atoms with E-state index in [-0.39, 0.29) is 5.91 Å². The first kappa shape index (κ1) is 14.6. The van der Waals surface area contributed by atoms with Crippen molar-refractivity contribution in [2.75, 3.05) is 26.3 Å². The van der Waals surface area contributed by atoms with Crippen molar-refractivity contribution in [3.05, 3.63) is 24.2 Å². The average Bonchev–Trinajstić information content (AvgIpc) is 3.13. The predicted octanol–water partition coefficient (Wildman–Crippen LogP) is 1.37. The number of carbonyl (C=O) groups is 1. The van der Waals surface area contributed by atoms with E-state index in [0.717, 1.165) is 11.9 Å². The van der Waals surface area contributed by atoms with E-state index in [0.29, 0.717) is 37.6 Å². The van der Waals surface area contributed by atoms with Gasteiger partial charge < -0.3 is 19.4 Å². The van der Waals surface area contributed by atoms with Gasteiger partial charge in [0.2, 0.25) is 0 Å². The monoisotopic (exact) mass is 316 g/mol. The fraction of sp³-hybridized carbons (Fsp3) is 0.562. The maximum atomic E-state index is 12.9. The normalized spacial score (nSPS) is 27.0. The van der Waals surface area contributed by atoms with Crippen molar-refractivity contribution in [2.24, 2.45) is 0 Å². The summed E-state index contributed by atoms with van der Waals surface area (Å²) in [6.07, 6.45) is 2.39. The van der Waals surface area contributed by atoms with Gasteiger partial charge in [0.1, 0.15) is 11.3 Å². The van der Waals surface area contributed by atoms with E-state index in [2.05, 4.69) is 15.0 Å². The van der Waals surface area contributed by atoms with E-state index in [1.807, 2.05) is 24.8 Å². The molecule has 1 amide bonds. The van der Waals surface area contributed by atoms with Crippen molar-refractivity contribution in [1.82, 2.24) is 19.9 Å². The van der Waals surface area contributed by atoms with Gasteiger partial charge in [0.25, 0.3) is 5.91 Å². The molecule has 2 aromatic heterocycles. The molecule has 0 aromatic carbocycles. The van der Waals surface area contributed by atoms with Crippen LogP contribution in [0.5, 0.6) is 0 Å². The number of pyridine rings is 1. The molecule has 1 unspecified atom stereocenters. The molecule has 2 saturated heterocycles. The molecule has 7 nitrogen and oxygen atoms in total. The van der Waals surface area contributed by atoms with Gasteiger partial charge in [-0.25, -0.2) is 9.97 Å². The minimum Gasteiger partial charge on any atom is -0.378 e. The fourth-order valence-electron chi connectivity index (χ4n) is 3.55. The van der Waals surface area contributed by atoms with Gasteiger partial charge in [-0.15, -0.1) is 0 Å². The zero-order valence-corrected chi connectivity index (χ0v) is 13.3. The molecule has 0 saturated carbocycles. The lowest BCUT2D eigenvalue weighted by atomic mass is 9.94. The van der Waals surface area contributed by atoms with E-state index in [4.69, 9.17) is 9.47 Å². The Hall–Kier alpha value is -1.99. The zero-order valence-electron chi connectivity index (χ0n) is 13.3. The Morgan fingerprint density at radius 1 is 1.35 bits per heavy atom. The Morgan fingerprint density at radius 2 is 2.22 bits per heavy atom. The molecule has 2 fully saturated rings. The summed E-state index contributed by atoms with van der Waals surface area (Å²) < 4.78 is 11.8. The maximum Gasteiger partial charge on any atom is 0.272 e. The number of morpholine rings is 1. The highest BCUT2D eigenvalue weighted by Gasteiger charge is 2.48. The Balaban J connectivity index is 1.63. The molecule has 1 atom stereocenters. The highest BCUT2D eigenvalue weighted by molar-refractivity contribution is 5.94. The van der Waals surface area contributed by atoms with Crippen molar-refractivity contribution in [1.29, 1.82) is 0 Å². The molecule has 0 aliphatic carbocycles. The molecule has 1 N–H and O–H groups in total. The Labute approximate surface area is 134 Å². The van der Waals surface area contributed by atoms with Crippen LogP contribution >= 0.6 is 0 Å². The highest BCUT2D eigenvalue weighted by atomic mass is 16.6. The van der Waals surface area contributed by atoms with Crippen molar-refractivity contribution < 1.29 is 14.3 Å². The van der Waals surface area contributed by atoms with Gasteiger partial charge in [-0.2, -0.15) is 0 Å². The summed E-state index contributed by atoms with van der Waals surface area (Å²) in [5.74, 6) is -0.0856. The van der Waals surface area contributed by atoms with E-state index in [1.54, 1.807) is 12.4 Å². The van der Waals surface area contributed by atoms with E-state index in [9.17, 15) is 4.79 Å². The lowest BCUT2D eigenvalue weighted by Crippen LogP contribution is -2.61. The molecular weight excluding hydrogens is 296 g/mol. The van der Waals surface area contributed by atoms with Crippen molar-refractivity contribution in [3.8, 4) is 0 Å². The average molecular weight is 316 g/mol. The number of rotatable bonds is 1. The second kappa shape index (κ2) is 5.01. The van der Waals surface area contributed by atoms with Gasteiger partial charge >= 0.3 is 0 Å². The topological polar surface area (TPSA) is 80.3 Å². The van der Waals surface area contributed by atoms with Crippen LogP contribution in [0.1, 0.15) is 30.8 Å². The Kier molecular flexibility index (Phi) is 3.18. The molecule has 0 bridgehead atoms. The fourth-order valence-corrected chi connectivity index (χ4v) is 3.55. The number of hydrogen-bond acceptors (Lipinski definition) is 5. The predicted molar refractivity (Wildman–Crippen MR) is 83.1 cm³/mol. The second-order valence-corrected chi connectivity index (χ2v) is 6.98. The van der Waals surface area contributed by atoms with E-state index >= 15 is 0 Å². The minimum atomic E-state index is -0.405. The summed E-state index contributed by atoms with van der Waals surface area (Å²) in [6, 6.07) is 3.58. The summed E-state index contributed by atoms with van der Waals surface area (Å²) in [4.78, 5) is 26.2. The van der Waals surface area contributed by atoms with Crippen LogP contribution in [0.4, 0.5) is 0 Å². The van der Waals surface area contributed by atoms with Crippen molar-refractivity contribution in [2.45, 2.75) is 31.5 Å². The van der Waals surface area contributed by atoms with Gasteiger partial charge in [0.15, 0.2) is 5.65 Å². The number of carbonyl (C=O) groups excluding carboxylic acids is 1. The number of H-pyrrole nitrogens is 1. The van der Waals surface area contributed by atoms with E-state index < -0.39 is 11.2 Å². The number of aromatic amines is 1. The molecule has 4 heterocycles. The largest absolute Gasteiger partial charge is 0.378 e. The zero-order chi connectivity index (χ0) is 16.1. The Morgan fingerprint density at radius 3 is 3.00 bits per heavy atom. The number of hydrogen-bond donors (Lipinski definition) is 1. The number of nitrogens with zero attached hydrogens (tertiary/aromatic N) is 3. The second-order valence-electron chi connectivity index (χ2n) is 6.98. The molecule has 1 spiro atoms. The van der Waals surface area contributed by atoms with E-state index in [1.165, 1.54) is 0 Å². The number of fused-ring (bicyclic) bond motifs is 1. The summed E-state index contributed by atoms with van der Waals surface area (Å²) >= 11 is 0. The number of amides is 1. The van der Waals surface area contributed by atoms with Crippen LogP contribution < -0.4 is 0 Å². The van der Waals surface area contributed by atoms with Crippen LogP contribution in [-0.4, -0.2) is 63.3 Å². The molecule has 0 radical (unpaired) electrons. The first-order chi connectivity index (χ1) is 11.0. The van der Waals surface area contributed by atoms with Crippen LogP contribution in [0.2, 0.25) is 0 Å². The summed E-state index contributed by atoms with van der Waals surface area (Å²) in [6.45, 7) is 6.30. The van der Waals surface area contributed by atoms with Gasteiger partial charge in [-0.3, -0.25) is 4.79 Å². The third-order valence-corrected chi connectivity index (χ3v) is 4.40. The van der Waals surface area contributed by atoms with Crippen LogP contribution in [0.25, 0.3) is 11.2 Å². The first-order valence-electron chi connectivity index (χ1n) is 7.84. The number of ether oxygens (including phenoxy) is 2. The molecule has 2 aromatic rings. The third kappa shape index (κ3) is 2.60. The molecule has 2 aliphatic heterocycles. The number of nitrogens with one attached hydrogen (secondary N) is 1. The van der Waals surface area contributed by atoms with Crippen LogP contribution in [0, 0.1) is 0 Å². The number of aromatic nitrogens is 3. The summed E-state index contributed by atoms with van der Waals surface area (Å²) in [7, 11) is 0. The first-order valence-corrected chi connectivity index (χ1v) is 7.84. The smallest absolute Gasteiger partial charge is 0.272 e. The van der Waals surface area contributed by atoms with Crippen LogP contribution in [0.15, 0.2) is 18.5 Å². The minimum absolute atomic E-state index is 0.0856. The molecule has 122 valence electrons. The summed E-state index contributed by atoms with van der Waals surface area (Å²) in [5, 5.41) is 0. The van der Waals surface area contributed by atoms with Crippen molar-refractivity contribution in [3.63, 3.8) is 0 Å². The molecular formula is C16H20N4O3. The quantitative estimate of drug-likeness (QED) is 0.859. The third-order valence-electron chi connectivity index (χ3n) is 4.40. The number of imidazole rings is 1. The van der Waals surface area contributed by atoms with Gasteiger partial charge in [0, 0.05) is 19.6 Å². The molecule has 23 heavy (non-hydrogen) atoms. The molecule has 7 heteroatoms. The van der Waals surface area contributed by atoms with Gasteiger partial charge in [0.05, 0.1) is 30.6 Å². The van der Waals surface area contributed by atoms with Crippen LogP contribution in [-0.2, 0) is 9.47 Å². The lowest BCUT2D eigenvalue weighted by molar-refractivity contribution is -0.186. The molecule has 2 aliphatic rings. The SMILES string of the molecule is CC1(C)CN(C(=O)c2ccc3[nH]cnc3n2)CC2(CCOC2)O1. The molecule has 4 rings (SSSR count). The van der Waals surface area contributed by atoms with Gasteiger partial charge in [-0.05, 0) is 26.0 Å². The Bertz CT molecular complexity index is 749. The van der Waals surface area contributed by atoms with Crippen molar-refractivity contribution >= 4 is 17.1 Å². The van der Waals surface area contributed by atoms with Gasteiger partial charge in [-0.1, -0.05) is 0 Å². The standard InChI is InChI=1S/C16H20N4O3/c1-15(2)7-20(8-16(23-15)5-6-22-9-16)14(21)12-4-3-11-13(19-12)18-10-17-11/h3-4,10H,5-9H2,1-2H3,(H,17,18,19). The lowest BCUT2D eigenvalue weighted by Gasteiger charge is -2.47. The van der Waals surface area contributed by atoms with Crippen LogP contribution in [0.3, 0.4) is 0 Å². The maximum absolute atomic E-state index is 12.9.